The molecule has 0 fully saturated rings. The number of hydrogen-bond donors (Lipinski definition) is 3. The summed E-state index contributed by atoms with van der Waals surface area (Å²) in [5.41, 5.74) is 0.542. The van der Waals surface area contributed by atoms with E-state index in [0.717, 1.165) is 0 Å². The monoisotopic (exact) mass is 290 g/mol. The van der Waals surface area contributed by atoms with Crippen molar-refractivity contribution in [3.63, 3.8) is 0 Å². The molecule has 0 aliphatic carbocycles. The second-order valence-corrected chi connectivity index (χ2v) is 3.88. The van der Waals surface area contributed by atoms with Gasteiger partial charge in [-0.3, -0.25) is 0 Å². The molecule has 0 radical (unpaired) electrons. The van der Waals surface area contributed by atoms with Crippen LogP contribution in [0.15, 0.2) is 18.2 Å². The van der Waals surface area contributed by atoms with E-state index in [1.807, 2.05) is 0 Å². The predicted octanol–water partition coefficient (Wildman–Crippen LogP) is 2.67. The van der Waals surface area contributed by atoms with E-state index >= 15 is 0 Å². The molecular formula is C12H16ClFN2O3. The van der Waals surface area contributed by atoms with Gasteiger partial charge in [0.1, 0.15) is 17.7 Å². The van der Waals surface area contributed by atoms with Crippen molar-refractivity contribution < 1.29 is 19.0 Å². The van der Waals surface area contributed by atoms with E-state index in [0.29, 0.717) is 11.3 Å². The van der Waals surface area contributed by atoms with Gasteiger partial charge in [0.25, 0.3) is 0 Å². The number of carboxylic acid groups (broad SMARTS) is 1. The Kier molecular flexibility index (Phi) is 6.85. The molecule has 19 heavy (non-hydrogen) atoms. The molecule has 1 atom stereocenters. The number of amides is 1. The first-order chi connectivity index (χ1) is 8.40. The average Bonchev–Trinajstić information content (AvgIpc) is 2.28. The van der Waals surface area contributed by atoms with Crippen LogP contribution >= 0.6 is 12.4 Å². The number of hydrogen-bond acceptors (Lipinski definition) is 3. The molecular weight excluding hydrogens is 275 g/mol. The molecule has 0 aliphatic heterocycles. The Morgan fingerprint density at radius 1 is 1.58 bits per heavy atom. The van der Waals surface area contributed by atoms with E-state index in [2.05, 4.69) is 5.32 Å². The van der Waals surface area contributed by atoms with Crippen LogP contribution in [0.4, 0.5) is 9.18 Å². The first-order valence-corrected chi connectivity index (χ1v) is 5.38. The predicted molar refractivity (Wildman–Crippen MR) is 72.3 cm³/mol. The third-order valence-corrected chi connectivity index (χ3v) is 2.21. The summed E-state index contributed by atoms with van der Waals surface area (Å²) in [7, 11) is 0. The fourth-order valence-corrected chi connectivity index (χ4v) is 1.39. The van der Waals surface area contributed by atoms with Crippen LogP contribution in [0.2, 0.25) is 0 Å². The third kappa shape index (κ3) is 5.56. The highest BCUT2D eigenvalue weighted by Gasteiger charge is 2.11. The lowest BCUT2D eigenvalue weighted by molar-refractivity contribution is 0.178. The molecule has 0 saturated heterocycles. The van der Waals surface area contributed by atoms with Crippen LogP contribution in [0.1, 0.15) is 19.4 Å². The van der Waals surface area contributed by atoms with Crippen LogP contribution in [-0.2, 0) is 0 Å². The molecule has 0 bridgehead atoms. The second-order valence-electron chi connectivity index (χ2n) is 3.88. The maximum absolute atomic E-state index is 13.1. The van der Waals surface area contributed by atoms with Gasteiger partial charge in [-0.1, -0.05) is 0 Å². The Labute approximate surface area is 116 Å². The molecule has 1 amide bonds. The van der Waals surface area contributed by atoms with Gasteiger partial charge in [0.05, 0.1) is 6.54 Å². The summed E-state index contributed by atoms with van der Waals surface area (Å²) in [6, 6.07) is 3.88. The van der Waals surface area contributed by atoms with Gasteiger partial charge < -0.3 is 20.6 Å². The van der Waals surface area contributed by atoms with Crippen molar-refractivity contribution in [3.05, 3.63) is 29.6 Å². The average molecular weight is 291 g/mol. The highest BCUT2D eigenvalue weighted by atomic mass is 35.5. The van der Waals surface area contributed by atoms with Crippen molar-refractivity contribution in [3.8, 4) is 5.75 Å². The molecule has 7 heteroatoms. The topological polar surface area (TPSA) is 82.4 Å². The Balaban J connectivity index is 0.00000324. The van der Waals surface area contributed by atoms with Gasteiger partial charge in [-0.05, 0) is 32.0 Å². The maximum Gasteiger partial charge on any atom is 0.404 e. The summed E-state index contributed by atoms with van der Waals surface area (Å²) in [6.07, 6.45) is -1.54. The number of halogens is 2. The number of benzene rings is 1. The second kappa shape index (κ2) is 7.58. The summed E-state index contributed by atoms with van der Waals surface area (Å²) in [5, 5.41) is 18.2. The minimum Gasteiger partial charge on any atom is -0.488 e. The molecule has 3 N–H and O–H groups in total. The molecule has 0 aromatic heterocycles. The Morgan fingerprint density at radius 2 is 2.21 bits per heavy atom. The van der Waals surface area contributed by atoms with Crippen LogP contribution in [0, 0.1) is 11.2 Å². The SMILES string of the molecule is CC(=N)c1cc(F)ccc1OC(C)CNC(=O)O.Cl. The van der Waals surface area contributed by atoms with Crippen LogP contribution < -0.4 is 10.1 Å². The fraction of sp³-hybridized carbons (Fsp3) is 0.333. The lowest BCUT2D eigenvalue weighted by atomic mass is 10.1. The Morgan fingerprint density at radius 3 is 2.74 bits per heavy atom. The summed E-state index contributed by atoms with van der Waals surface area (Å²) in [6.45, 7) is 3.33. The quantitative estimate of drug-likeness (QED) is 0.729. The molecule has 1 unspecified atom stereocenters. The molecule has 0 aliphatic rings. The number of carbonyl (C=O) groups is 1. The molecule has 0 saturated carbocycles. The van der Waals surface area contributed by atoms with E-state index in [-0.39, 0.29) is 24.7 Å². The van der Waals surface area contributed by atoms with Crippen molar-refractivity contribution in [1.82, 2.24) is 5.32 Å². The summed E-state index contributed by atoms with van der Waals surface area (Å²) in [5.74, 6) is -0.0798. The van der Waals surface area contributed by atoms with Gasteiger partial charge >= 0.3 is 6.09 Å². The maximum atomic E-state index is 13.1. The number of rotatable bonds is 5. The molecule has 5 nitrogen and oxygen atoms in total. The molecule has 1 aromatic carbocycles. The minimum atomic E-state index is -1.13. The first kappa shape index (κ1) is 17.2. The first-order valence-electron chi connectivity index (χ1n) is 5.38. The van der Waals surface area contributed by atoms with Crippen molar-refractivity contribution in [2.45, 2.75) is 20.0 Å². The lowest BCUT2D eigenvalue weighted by Crippen LogP contribution is -2.32. The Bertz CT molecular complexity index is 468. The van der Waals surface area contributed by atoms with Gasteiger partial charge in [-0.25, -0.2) is 9.18 Å². The smallest absolute Gasteiger partial charge is 0.404 e. The summed E-state index contributed by atoms with van der Waals surface area (Å²) >= 11 is 0. The van der Waals surface area contributed by atoms with Crippen LogP contribution in [0.5, 0.6) is 5.75 Å². The normalized spacial score (nSPS) is 11.1. The third-order valence-electron chi connectivity index (χ3n) is 2.21. The Hall–Kier alpha value is -1.82. The van der Waals surface area contributed by atoms with E-state index in [9.17, 15) is 9.18 Å². The van der Waals surface area contributed by atoms with Gasteiger partial charge in [0, 0.05) is 11.3 Å². The molecule has 106 valence electrons. The number of nitrogens with one attached hydrogen (secondary N) is 2. The van der Waals surface area contributed by atoms with Gasteiger partial charge in [0.2, 0.25) is 0 Å². The van der Waals surface area contributed by atoms with Gasteiger partial charge in [0.15, 0.2) is 0 Å². The van der Waals surface area contributed by atoms with Crippen LogP contribution in [0.3, 0.4) is 0 Å². The van der Waals surface area contributed by atoms with Crippen molar-refractivity contribution >= 4 is 24.2 Å². The minimum absolute atomic E-state index is 0. The zero-order valence-corrected chi connectivity index (χ0v) is 11.4. The summed E-state index contributed by atoms with van der Waals surface area (Å²) in [4.78, 5) is 10.3. The lowest BCUT2D eigenvalue weighted by Gasteiger charge is -2.17. The van der Waals surface area contributed by atoms with Gasteiger partial charge in [-0.2, -0.15) is 0 Å². The zero-order valence-electron chi connectivity index (χ0n) is 10.6. The van der Waals surface area contributed by atoms with Crippen LogP contribution in [0.25, 0.3) is 0 Å². The highest BCUT2D eigenvalue weighted by molar-refractivity contribution is 5.98. The standard InChI is InChI=1S/C12H15FN2O3.ClH/c1-7(6-15-12(16)17)18-11-4-3-9(13)5-10(11)8(2)14;/h3-5,7,14-15H,6H2,1-2H3,(H,16,17);1H. The molecule has 1 aromatic rings. The molecule has 0 spiro atoms. The number of ether oxygens (including phenoxy) is 1. The van der Waals surface area contributed by atoms with E-state index in [1.165, 1.54) is 25.1 Å². The summed E-state index contributed by atoms with van der Waals surface area (Å²) < 4.78 is 18.5. The molecule has 1 rings (SSSR count). The van der Waals surface area contributed by atoms with E-state index < -0.39 is 18.0 Å². The van der Waals surface area contributed by atoms with E-state index in [1.54, 1.807) is 6.92 Å². The van der Waals surface area contributed by atoms with Gasteiger partial charge in [-0.15, -0.1) is 12.4 Å². The highest BCUT2D eigenvalue weighted by Crippen LogP contribution is 2.21. The zero-order chi connectivity index (χ0) is 13.7. The largest absolute Gasteiger partial charge is 0.488 e. The van der Waals surface area contributed by atoms with Crippen LogP contribution in [-0.4, -0.2) is 29.6 Å². The molecule has 0 heterocycles. The van der Waals surface area contributed by atoms with Crippen molar-refractivity contribution in [2.75, 3.05) is 6.54 Å². The van der Waals surface area contributed by atoms with Crippen molar-refractivity contribution in [1.29, 1.82) is 5.41 Å². The van der Waals surface area contributed by atoms with E-state index in [4.69, 9.17) is 15.3 Å². The fourth-order valence-electron chi connectivity index (χ4n) is 1.39. The van der Waals surface area contributed by atoms with Crippen molar-refractivity contribution in [2.24, 2.45) is 0 Å².